The van der Waals surface area contributed by atoms with E-state index >= 15 is 0 Å². The summed E-state index contributed by atoms with van der Waals surface area (Å²) in [5.74, 6) is 0.371. The van der Waals surface area contributed by atoms with Gasteiger partial charge < -0.3 is 4.74 Å². The number of hydrogen-bond acceptors (Lipinski definition) is 3. The molecule has 4 heteroatoms. The summed E-state index contributed by atoms with van der Waals surface area (Å²) in [5.41, 5.74) is 5.60. The van der Waals surface area contributed by atoms with Crippen LogP contribution in [0.1, 0.15) is 38.8 Å². The lowest BCUT2D eigenvalue weighted by atomic mass is 9.87. The third-order valence-corrected chi connectivity index (χ3v) is 3.76. The number of rotatable bonds is 6. The van der Waals surface area contributed by atoms with E-state index in [1.807, 2.05) is 73.7 Å². The standard InChI is InChI=1S/C22H26N2O2/c1-17(10-11-18-8-6-5-7-9-18)23-24-21(25)16-26-20-14-12-19(13-15-20)22(2,3)4/h5-15H,16H2,1-4H3,(H,24,25)/b11-10+,23-17?. The Bertz CT molecular complexity index is 770. The number of amides is 1. The molecular weight excluding hydrogens is 324 g/mol. The molecule has 2 aromatic rings. The van der Waals surface area contributed by atoms with Crippen LogP contribution in [0.5, 0.6) is 5.75 Å². The monoisotopic (exact) mass is 350 g/mol. The average molecular weight is 350 g/mol. The van der Waals surface area contributed by atoms with Crippen molar-refractivity contribution in [2.45, 2.75) is 33.1 Å². The van der Waals surface area contributed by atoms with Crippen LogP contribution in [0, 0.1) is 0 Å². The van der Waals surface area contributed by atoms with Gasteiger partial charge in [0.05, 0.1) is 5.71 Å². The Labute approximate surface area is 155 Å². The van der Waals surface area contributed by atoms with E-state index < -0.39 is 0 Å². The Kier molecular flexibility index (Phi) is 6.73. The average Bonchev–Trinajstić information content (AvgIpc) is 2.63. The number of nitrogens with zero attached hydrogens (tertiary/aromatic N) is 1. The molecule has 0 aromatic heterocycles. The minimum absolute atomic E-state index is 0.0754. The maximum Gasteiger partial charge on any atom is 0.277 e. The lowest BCUT2D eigenvalue weighted by Crippen LogP contribution is -2.25. The van der Waals surface area contributed by atoms with E-state index in [4.69, 9.17) is 4.74 Å². The van der Waals surface area contributed by atoms with Crippen molar-refractivity contribution in [3.05, 3.63) is 71.8 Å². The molecule has 2 rings (SSSR count). The molecule has 1 amide bonds. The molecule has 0 unspecified atom stereocenters. The molecule has 0 bridgehead atoms. The SMILES string of the molecule is CC(/C=C/c1ccccc1)=NNC(=O)COc1ccc(C(C)(C)C)cc1. The maximum absolute atomic E-state index is 11.9. The van der Waals surface area contributed by atoms with Crippen molar-refractivity contribution < 1.29 is 9.53 Å². The van der Waals surface area contributed by atoms with Gasteiger partial charge in [0.15, 0.2) is 6.61 Å². The summed E-state index contributed by atoms with van der Waals surface area (Å²) in [4.78, 5) is 11.9. The summed E-state index contributed by atoms with van der Waals surface area (Å²) in [6.45, 7) is 8.22. The van der Waals surface area contributed by atoms with Gasteiger partial charge in [-0.2, -0.15) is 5.10 Å². The maximum atomic E-state index is 11.9. The predicted octanol–water partition coefficient (Wildman–Crippen LogP) is 4.57. The van der Waals surface area contributed by atoms with E-state index in [1.165, 1.54) is 5.56 Å². The van der Waals surface area contributed by atoms with E-state index in [1.54, 1.807) is 0 Å². The molecule has 0 fully saturated rings. The third-order valence-electron chi connectivity index (χ3n) is 3.76. The van der Waals surface area contributed by atoms with Crippen LogP contribution in [0.4, 0.5) is 0 Å². The van der Waals surface area contributed by atoms with Gasteiger partial charge in [0.25, 0.3) is 5.91 Å². The van der Waals surface area contributed by atoms with Crippen LogP contribution in [-0.4, -0.2) is 18.2 Å². The second-order valence-corrected chi connectivity index (χ2v) is 7.10. The molecular formula is C22H26N2O2. The van der Waals surface area contributed by atoms with E-state index in [-0.39, 0.29) is 17.9 Å². The third kappa shape index (κ3) is 6.55. The topological polar surface area (TPSA) is 50.7 Å². The highest BCUT2D eigenvalue weighted by Crippen LogP contribution is 2.24. The number of hydrazone groups is 1. The fourth-order valence-electron chi connectivity index (χ4n) is 2.20. The number of carbonyl (C=O) groups excluding carboxylic acids is 1. The first-order valence-electron chi connectivity index (χ1n) is 8.64. The summed E-state index contributed by atoms with van der Waals surface area (Å²) in [5, 5.41) is 4.05. The van der Waals surface area contributed by atoms with Gasteiger partial charge >= 0.3 is 0 Å². The molecule has 4 nitrogen and oxygen atoms in total. The van der Waals surface area contributed by atoms with Crippen molar-refractivity contribution in [1.82, 2.24) is 5.43 Å². The quantitative estimate of drug-likeness (QED) is 0.613. The zero-order valence-electron chi connectivity index (χ0n) is 15.8. The largest absolute Gasteiger partial charge is 0.484 e. The van der Waals surface area contributed by atoms with Gasteiger partial charge in [0, 0.05) is 0 Å². The molecule has 2 aromatic carbocycles. The van der Waals surface area contributed by atoms with Crippen LogP contribution in [0.3, 0.4) is 0 Å². The number of hydrogen-bond donors (Lipinski definition) is 1. The minimum Gasteiger partial charge on any atom is -0.484 e. The van der Waals surface area contributed by atoms with Crippen LogP contribution in [0.2, 0.25) is 0 Å². The highest BCUT2D eigenvalue weighted by molar-refractivity contribution is 5.97. The highest BCUT2D eigenvalue weighted by Gasteiger charge is 2.13. The fraction of sp³-hybridized carbons (Fsp3) is 0.273. The Hall–Kier alpha value is -2.88. The second-order valence-electron chi connectivity index (χ2n) is 7.10. The number of carbonyl (C=O) groups is 1. The van der Waals surface area contributed by atoms with Crippen molar-refractivity contribution in [2.75, 3.05) is 6.61 Å². The molecule has 0 aliphatic heterocycles. The van der Waals surface area contributed by atoms with Gasteiger partial charge in [-0.05, 0) is 41.7 Å². The zero-order valence-corrected chi connectivity index (χ0v) is 15.8. The van der Waals surface area contributed by atoms with E-state index in [9.17, 15) is 4.79 Å². The summed E-state index contributed by atoms with van der Waals surface area (Å²) in [7, 11) is 0. The Balaban J connectivity index is 1.80. The second kappa shape index (κ2) is 8.99. The van der Waals surface area contributed by atoms with Crippen LogP contribution >= 0.6 is 0 Å². The molecule has 0 aliphatic rings. The van der Waals surface area contributed by atoms with Gasteiger partial charge in [-0.25, -0.2) is 5.43 Å². The van der Waals surface area contributed by atoms with Crippen LogP contribution in [0.15, 0.2) is 65.8 Å². The van der Waals surface area contributed by atoms with Crippen molar-refractivity contribution in [3.63, 3.8) is 0 Å². The summed E-state index contributed by atoms with van der Waals surface area (Å²) < 4.78 is 5.50. The number of ether oxygens (including phenoxy) is 1. The first-order chi connectivity index (χ1) is 12.3. The molecule has 1 N–H and O–H groups in total. The predicted molar refractivity (Wildman–Crippen MR) is 107 cm³/mol. The lowest BCUT2D eigenvalue weighted by molar-refractivity contribution is -0.123. The molecule has 0 spiro atoms. The summed E-state index contributed by atoms with van der Waals surface area (Å²) in [6.07, 6.45) is 3.79. The Morgan fingerprint density at radius 3 is 2.35 bits per heavy atom. The first kappa shape index (κ1) is 19.4. The molecule has 136 valence electrons. The van der Waals surface area contributed by atoms with Gasteiger partial charge in [0.2, 0.25) is 0 Å². The zero-order chi connectivity index (χ0) is 19.0. The molecule has 26 heavy (non-hydrogen) atoms. The van der Waals surface area contributed by atoms with E-state index in [0.29, 0.717) is 11.5 Å². The van der Waals surface area contributed by atoms with Gasteiger partial charge in [-0.3, -0.25) is 4.79 Å². The van der Waals surface area contributed by atoms with Gasteiger partial charge in [-0.1, -0.05) is 69.3 Å². The van der Waals surface area contributed by atoms with Crippen molar-refractivity contribution in [1.29, 1.82) is 0 Å². The smallest absolute Gasteiger partial charge is 0.277 e. The highest BCUT2D eigenvalue weighted by atomic mass is 16.5. The van der Waals surface area contributed by atoms with Crippen molar-refractivity contribution >= 4 is 17.7 Å². The lowest BCUT2D eigenvalue weighted by Gasteiger charge is -2.19. The minimum atomic E-state index is -0.294. The van der Waals surface area contributed by atoms with Crippen molar-refractivity contribution in [2.24, 2.45) is 5.10 Å². The summed E-state index contributed by atoms with van der Waals surface area (Å²) in [6, 6.07) is 17.7. The first-order valence-corrected chi connectivity index (χ1v) is 8.64. The Morgan fingerprint density at radius 2 is 1.73 bits per heavy atom. The molecule has 0 aliphatic carbocycles. The molecule has 0 heterocycles. The van der Waals surface area contributed by atoms with Gasteiger partial charge in [-0.15, -0.1) is 0 Å². The van der Waals surface area contributed by atoms with Crippen LogP contribution in [-0.2, 0) is 10.2 Å². The summed E-state index contributed by atoms with van der Waals surface area (Å²) >= 11 is 0. The molecule has 0 saturated heterocycles. The van der Waals surface area contributed by atoms with Crippen molar-refractivity contribution in [3.8, 4) is 5.75 Å². The number of nitrogens with one attached hydrogen (secondary N) is 1. The van der Waals surface area contributed by atoms with E-state index in [0.717, 1.165) is 5.56 Å². The number of benzene rings is 2. The van der Waals surface area contributed by atoms with E-state index in [2.05, 4.69) is 31.3 Å². The Morgan fingerprint density at radius 1 is 1.08 bits per heavy atom. The fourth-order valence-corrected chi connectivity index (χ4v) is 2.20. The molecule has 0 saturated carbocycles. The van der Waals surface area contributed by atoms with Crippen LogP contribution in [0.25, 0.3) is 6.08 Å². The van der Waals surface area contributed by atoms with Gasteiger partial charge in [0.1, 0.15) is 5.75 Å². The molecule has 0 atom stereocenters. The molecule has 0 radical (unpaired) electrons. The van der Waals surface area contributed by atoms with Crippen LogP contribution < -0.4 is 10.2 Å². The normalized spacial score (nSPS) is 12.2. The number of allylic oxidation sites excluding steroid dienone is 1.